The van der Waals surface area contributed by atoms with Crippen LogP contribution in [0.15, 0.2) is 54.7 Å². The highest BCUT2D eigenvalue weighted by atomic mass is 32.1. The molecule has 6 nitrogen and oxygen atoms in total. The molecule has 0 saturated carbocycles. The first-order valence-corrected chi connectivity index (χ1v) is 9.97. The normalized spacial score (nSPS) is 14.2. The molecule has 142 valence electrons. The smallest absolute Gasteiger partial charge is 0.265 e. The molecule has 3 heterocycles. The monoisotopic (exact) mass is 392 g/mol. The molecule has 1 aromatic carbocycles. The summed E-state index contributed by atoms with van der Waals surface area (Å²) in [7, 11) is 0. The number of rotatable bonds is 3. The number of nitrogens with zero attached hydrogens (tertiary/aromatic N) is 4. The van der Waals surface area contributed by atoms with Gasteiger partial charge in [-0.1, -0.05) is 24.3 Å². The van der Waals surface area contributed by atoms with Gasteiger partial charge in [-0.25, -0.2) is 4.98 Å². The Morgan fingerprint density at radius 1 is 0.893 bits per heavy atom. The number of carbonyl (C=O) groups is 2. The Morgan fingerprint density at radius 3 is 2.18 bits per heavy atom. The Bertz CT molecular complexity index is 980. The largest absolute Gasteiger partial charge is 0.335 e. The van der Waals surface area contributed by atoms with Crippen LogP contribution in [-0.2, 0) is 0 Å². The molecule has 0 radical (unpaired) electrons. The van der Waals surface area contributed by atoms with E-state index in [9.17, 15) is 9.59 Å². The molecule has 0 aliphatic carbocycles. The van der Waals surface area contributed by atoms with Gasteiger partial charge in [0, 0.05) is 37.9 Å². The van der Waals surface area contributed by atoms with Gasteiger partial charge in [0.05, 0.1) is 11.4 Å². The van der Waals surface area contributed by atoms with Gasteiger partial charge in [-0.15, -0.1) is 11.3 Å². The van der Waals surface area contributed by atoms with Gasteiger partial charge in [0.1, 0.15) is 9.88 Å². The van der Waals surface area contributed by atoms with Gasteiger partial charge < -0.3 is 9.80 Å². The van der Waals surface area contributed by atoms with Crippen molar-refractivity contribution in [2.45, 2.75) is 6.92 Å². The molecule has 0 bridgehead atoms. The van der Waals surface area contributed by atoms with Crippen LogP contribution >= 0.6 is 11.3 Å². The van der Waals surface area contributed by atoms with Crippen LogP contribution in [0.1, 0.15) is 25.7 Å². The quantitative estimate of drug-likeness (QED) is 0.687. The number of hydrogen-bond acceptors (Lipinski definition) is 5. The highest BCUT2D eigenvalue weighted by Gasteiger charge is 2.28. The topological polar surface area (TPSA) is 66.4 Å². The van der Waals surface area contributed by atoms with Crippen LogP contribution in [0, 0.1) is 6.92 Å². The predicted octanol–water partition coefficient (Wildman–Crippen LogP) is 3.11. The zero-order chi connectivity index (χ0) is 19.5. The van der Waals surface area contributed by atoms with Crippen molar-refractivity contribution in [1.29, 1.82) is 0 Å². The standard InChI is InChI=1S/C21H20N4O2S/c1-15-18(28-19(23-15)17-9-5-6-10-22-17)21(27)25-13-11-24(12-14-25)20(26)16-7-3-2-4-8-16/h2-10H,11-14H2,1H3. The van der Waals surface area contributed by atoms with Gasteiger partial charge in [-0.05, 0) is 31.2 Å². The first-order valence-electron chi connectivity index (χ1n) is 9.16. The van der Waals surface area contributed by atoms with Gasteiger partial charge in [-0.2, -0.15) is 0 Å². The molecule has 1 aliphatic rings. The van der Waals surface area contributed by atoms with Crippen molar-refractivity contribution in [2.75, 3.05) is 26.2 Å². The Labute approximate surface area is 167 Å². The molecule has 1 fully saturated rings. The second-order valence-electron chi connectivity index (χ2n) is 6.60. The lowest BCUT2D eigenvalue weighted by atomic mass is 10.2. The van der Waals surface area contributed by atoms with Crippen molar-refractivity contribution in [3.8, 4) is 10.7 Å². The Hall–Kier alpha value is -3.06. The maximum Gasteiger partial charge on any atom is 0.265 e. The summed E-state index contributed by atoms with van der Waals surface area (Å²) in [5.41, 5.74) is 2.17. The van der Waals surface area contributed by atoms with Crippen molar-refractivity contribution >= 4 is 23.2 Å². The zero-order valence-corrected chi connectivity index (χ0v) is 16.4. The number of hydrogen-bond donors (Lipinski definition) is 0. The fourth-order valence-corrected chi connectivity index (χ4v) is 4.22. The summed E-state index contributed by atoms with van der Waals surface area (Å²) in [6, 6.07) is 14.9. The number of aromatic nitrogens is 2. The number of piperazine rings is 1. The van der Waals surface area contributed by atoms with Gasteiger partial charge in [0.15, 0.2) is 0 Å². The van der Waals surface area contributed by atoms with Gasteiger partial charge in [0.2, 0.25) is 0 Å². The second kappa shape index (κ2) is 7.90. The molecule has 0 spiro atoms. The third kappa shape index (κ3) is 3.66. The van der Waals surface area contributed by atoms with Crippen LogP contribution in [0.2, 0.25) is 0 Å². The molecule has 3 aromatic rings. The lowest BCUT2D eigenvalue weighted by Crippen LogP contribution is -2.50. The van der Waals surface area contributed by atoms with E-state index in [0.717, 1.165) is 16.4 Å². The number of aryl methyl sites for hydroxylation is 1. The molecule has 0 N–H and O–H groups in total. The summed E-state index contributed by atoms with van der Waals surface area (Å²) in [4.78, 5) is 38.6. The zero-order valence-electron chi connectivity index (χ0n) is 15.5. The highest BCUT2D eigenvalue weighted by Crippen LogP contribution is 2.27. The van der Waals surface area contributed by atoms with Crippen molar-refractivity contribution in [3.63, 3.8) is 0 Å². The minimum atomic E-state index is -0.0241. The summed E-state index contributed by atoms with van der Waals surface area (Å²) in [5, 5.41) is 0.749. The maximum absolute atomic E-state index is 13.0. The van der Waals surface area contributed by atoms with Gasteiger partial charge >= 0.3 is 0 Å². The number of carbonyl (C=O) groups excluding carboxylic acids is 2. The first kappa shape index (κ1) is 18.3. The van der Waals surface area contributed by atoms with E-state index in [2.05, 4.69) is 9.97 Å². The molecule has 2 amide bonds. The molecule has 28 heavy (non-hydrogen) atoms. The fraction of sp³-hybridized carbons (Fsp3) is 0.238. The van der Waals surface area contributed by atoms with Crippen molar-refractivity contribution in [3.05, 3.63) is 70.9 Å². The van der Waals surface area contributed by atoms with E-state index < -0.39 is 0 Å². The van der Waals surface area contributed by atoms with Crippen LogP contribution in [0.4, 0.5) is 0 Å². The lowest BCUT2D eigenvalue weighted by molar-refractivity contribution is 0.0537. The summed E-state index contributed by atoms with van der Waals surface area (Å²) in [5.74, 6) is -0.0110. The maximum atomic E-state index is 13.0. The molecule has 7 heteroatoms. The third-order valence-corrected chi connectivity index (χ3v) is 5.92. The van der Waals surface area contributed by atoms with E-state index in [0.29, 0.717) is 36.6 Å². The number of benzene rings is 1. The Morgan fingerprint density at radius 2 is 1.54 bits per heavy atom. The fourth-order valence-electron chi connectivity index (χ4n) is 3.21. The molecule has 1 aliphatic heterocycles. The van der Waals surface area contributed by atoms with Crippen LogP contribution in [0.5, 0.6) is 0 Å². The molecular formula is C21H20N4O2S. The summed E-state index contributed by atoms with van der Waals surface area (Å²) < 4.78 is 0. The van der Waals surface area contributed by atoms with Gasteiger partial charge in [-0.3, -0.25) is 14.6 Å². The average Bonchev–Trinajstić information content (AvgIpc) is 3.16. The Balaban J connectivity index is 1.43. The van der Waals surface area contributed by atoms with E-state index in [4.69, 9.17) is 0 Å². The first-order chi connectivity index (χ1) is 13.6. The van der Waals surface area contributed by atoms with Gasteiger partial charge in [0.25, 0.3) is 11.8 Å². The van der Waals surface area contributed by atoms with E-state index in [1.807, 2.05) is 55.5 Å². The summed E-state index contributed by atoms with van der Waals surface area (Å²) in [6.45, 7) is 3.96. The third-order valence-electron chi connectivity index (χ3n) is 4.75. The SMILES string of the molecule is Cc1nc(-c2ccccn2)sc1C(=O)N1CCN(C(=O)c2ccccc2)CC1. The molecule has 2 aromatic heterocycles. The highest BCUT2D eigenvalue weighted by molar-refractivity contribution is 7.17. The molecule has 0 unspecified atom stereocenters. The number of thiazole rings is 1. The summed E-state index contributed by atoms with van der Waals surface area (Å²) in [6.07, 6.45) is 1.72. The number of amides is 2. The van der Waals surface area contributed by atoms with Crippen molar-refractivity contribution < 1.29 is 9.59 Å². The van der Waals surface area contributed by atoms with Crippen LogP contribution in [0.25, 0.3) is 10.7 Å². The van der Waals surface area contributed by atoms with Crippen LogP contribution in [0.3, 0.4) is 0 Å². The number of pyridine rings is 1. The molecule has 0 atom stereocenters. The van der Waals surface area contributed by atoms with Crippen LogP contribution < -0.4 is 0 Å². The Kier molecular flexibility index (Phi) is 5.16. The van der Waals surface area contributed by atoms with E-state index >= 15 is 0 Å². The molecular weight excluding hydrogens is 372 g/mol. The predicted molar refractivity (Wildman–Crippen MR) is 108 cm³/mol. The van der Waals surface area contributed by atoms with E-state index in [1.54, 1.807) is 16.0 Å². The van der Waals surface area contributed by atoms with E-state index in [-0.39, 0.29) is 11.8 Å². The average molecular weight is 392 g/mol. The minimum absolute atomic E-state index is 0.0131. The molecule has 1 saturated heterocycles. The van der Waals surface area contributed by atoms with Crippen molar-refractivity contribution in [2.24, 2.45) is 0 Å². The summed E-state index contributed by atoms with van der Waals surface area (Å²) >= 11 is 1.37. The van der Waals surface area contributed by atoms with Crippen molar-refractivity contribution in [1.82, 2.24) is 19.8 Å². The molecule has 4 rings (SSSR count). The minimum Gasteiger partial charge on any atom is -0.335 e. The lowest BCUT2D eigenvalue weighted by Gasteiger charge is -2.34. The van der Waals surface area contributed by atoms with E-state index in [1.165, 1.54) is 11.3 Å². The second-order valence-corrected chi connectivity index (χ2v) is 7.60. The van der Waals surface area contributed by atoms with Crippen LogP contribution in [-0.4, -0.2) is 57.8 Å².